The quantitative estimate of drug-likeness (QED) is 0.786. The first-order valence-electron chi connectivity index (χ1n) is 6.12. The third kappa shape index (κ3) is 5.34. The number of nitrogens with one attached hydrogen (secondary N) is 1. The van der Waals surface area contributed by atoms with Crippen molar-refractivity contribution in [3.63, 3.8) is 0 Å². The zero-order valence-corrected chi connectivity index (χ0v) is 12.2. The molecule has 0 heterocycles. The van der Waals surface area contributed by atoms with Gasteiger partial charge in [0.2, 0.25) is 5.91 Å². The summed E-state index contributed by atoms with van der Waals surface area (Å²) in [5.41, 5.74) is 2.42. The second-order valence-corrected chi connectivity index (χ2v) is 5.63. The second kappa shape index (κ2) is 7.19. The van der Waals surface area contributed by atoms with Gasteiger partial charge in [0, 0.05) is 17.1 Å². The summed E-state index contributed by atoms with van der Waals surface area (Å²) < 4.78 is 0. The molecular formula is C14H19NO3S. The van der Waals surface area contributed by atoms with Crippen molar-refractivity contribution in [3.05, 3.63) is 29.3 Å². The molecule has 0 bridgehead atoms. The van der Waals surface area contributed by atoms with Gasteiger partial charge in [-0.15, -0.1) is 11.8 Å². The predicted octanol–water partition coefficient (Wildman–Crippen LogP) is 2.37. The fourth-order valence-electron chi connectivity index (χ4n) is 1.59. The molecule has 1 atom stereocenters. The van der Waals surface area contributed by atoms with Gasteiger partial charge < -0.3 is 10.4 Å². The first kappa shape index (κ1) is 15.6. The highest BCUT2D eigenvalue weighted by atomic mass is 32.2. The van der Waals surface area contributed by atoms with Crippen molar-refractivity contribution in [2.45, 2.75) is 38.1 Å². The summed E-state index contributed by atoms with van der Waals surface area (Å²) in [5.74, 6) is -0.607. The molecule has 5 heteroatoms. The van der Waals surface area contributed by atoms with E-state index in [-0.39, 0.29) is 5.91 Å². The number of rotatable bonds is 6. The summed E-state index contributed by atoms with van der Waals surface area (Å²) in [5, 5.41) is 11.1. The molecule has 0 aliphatic carbocycles. The van der Waals surface area contributed by atoms with Crippen LogP contribution < -0.4 is 5.32 Å². The highest BCUT2D eigenvalue weighted by molar-refractivity contribution is 7.99. The van der Waals surface area contributed by atoms with Gasteiger partial charge >= 0.3 is 5.97 Å². The van der Waals surface area contributed by atoms with Crippen molar-refractivity contribution in [2.75, 3.05) is 5.75 Å². The number of hydrogen-bond donors (Lipinski definition) is 2. The van der Waals surface area contributed by atoms with E-state index in [0.29, 0.717) is 12.2 Å². The highest BCUT2D eigenvalue weighted by Crippen LogP contribution is 2.23. The molecule has 1 amide bonds. The van der Waals surface area contributed by atoms with Crippen LogP contribution in [0.3, 0.4) is 0 Å². The van der Waals surface area contributed by atoms with E-state index in [0.717, 1.165) is 4.90 Å². The lowest BCUT2D eigenvalue weighted by Gasteiger charge is -2.09. The van der Waals surface area contributed by atoms with Crippen molar-refractivity contribution >= 4 is 23.6 Å². The molecule has 2 N–H and O–H groups in total. The second-order valence-electron chi connectivity index (χ2n) is 4.49. The van der Waals surface area contributed by atoms with E-state index in [1.54, 1.807) is 11.8 Å². The van der Waals surface area contributed by atoms with E-state index in [9.17, 15) is 9.59 Å². The van der Waals surface area contributed by atoms with Gasteiger partial charge in [0.15, 0.2) is 0 Å². The number of hydrogen-bond acceptors (Lipinski definition) is 3. The molecule has 0 saturated heterocycles. The topological polar surface area (TPSA) is 66.4 Å². The molecule has 19 heavy (non-hydrogen) atoms. The summed E-state index contributed by atoms with van der Waals surface area (Å²) in [7, 11) is 0. The Morgan fingerprint density at radius 2 is 2.05 bits per heavy atom. The number of aliphatic carboxylic acids is 1. The van der Waals surface area contributed by atoms with Crippen LogP contribution in [0.4, 0.5) is 0 Å². The van der Waals surface area contributed by atoms with Crippen molar-refractivity contribution in [1.29, 1.82) is 0 Å². The Balaban J connectivity index is 2.38. The molecule has 1 unspecified atom stereocenters. The smallest absolute Gasteiger partial charge is 0.325 e. The van der Waals surface area contributed by atoms with Gasteiger partial charge in [-0.1, -0.05) is 17.7 Å². The minimum Gasteiger partial charge on any atom is -0.480 e. The molecule has 1 aromatic carbocycles. The summed E-state index contributed by atoms with van der Waals surface area (Å²) in [6.07, 6.45) is 0.315. The largest absolute Gasteiger partial charge is 0.480 e. The fourth-order valence-corrected chi connectivity index (χ4v) is 2.55. The van der Waals surface area contributed by atoms with Gasteiger partial charge in [-0.05, 0) is 32.4 Å². The molecule has 1 aromatic rings. The van der Waals surface area contributed by atoms with E-state index in [1.807, 2.05) is 26.0 Å². The minimum absolute atomic E-state index is 0.229. The van der Waals surface area contributed by atoms with Crippen LogP contribution in [-0.2, 0) is 9.59 Å². The van der Waals surface area contributed by atoms with Crippen LogP contribution in [-0.4, -0.2) is 28.8 Å². The lowest BCUT2D eigenvalue weighted by Crippen LogP contribution is -2.38. The minimum atomic E-state index is -1.02. The van der Waals surface area contributed by atoms with E-state index >= 15 is 0 Å². The molecule has 0 fully saturated rings. The normalized spacial score (nSPS) is 11.9. The summed E-state index contributed by atoms with van der Waals surface area (Å²) >= 11 is 1.61. The maximum Gasteiger partial charge on any atom is 0.325 e. The monoisotopic (exact) mass is 281 g/mol. The molecule has 0 spiro atoms. The molecule has 104 valence electrons. The zero-order valence-electron chi connectivity index (χ0n) is 11.4. The van der Waals surface area contributed by atoms with Gasteiger partial charge in [0.1, 0.15) is 6.04 Å². The average Bonchev–Trinajstić information content (AvgIpc) is 2.31. The van der Waals surface area contributed by atoms with Crippen molar-refractivity contribution in [2.24, 2.45) is 0 Å². The first-order valence-corrected chi connectivity index (χ1v) is 7.11. The predicted molar refractivity (Wildman–Crippen MR) is 76.5 cm³/mol. The van der Waals surface area contributed by atoms with E-state index in [4.69, 9.17) is 5.11 Å². The number of carbonyl (C=O) groups excluding carboxylic acids is 1. The van der Waals surface area contributed by atoms with Crippen LogP contribution in [0, 0.1) is 13.8 Å². The Morgan fingerprint density at radius 3 is 2.63 bits per heavy atom. The lowest BCUT2D eigenvalue weighted by atomic mass is 10.2. The molecule has 0 saturated carbocycles. The van der Waals surface area contributed by atoms with E-state index in [1.165, 1.54) is 18.1 Å². The van der Waals surface area contributed by atoms with Crippen LogP contribution in [0.1, 0.15) is 24.5 Å². The first-order chi connectivity index (χ1) is 8.90. The Kier molecular flexibility index (Phi) is 5.89. The maximum absolute atomic E-state index is 11.5. The molecule has 4 nitrogen and oxygen atoms in total. The number of carbonyl (C=O) groups is 2. The van der Waals surface area contributed by atoms with Crippen LogP contribution in [0.2, 0.25) is 0 Å². The molecule has 0 radical (unpaired) electrons. The van der Waals surface area contributed by atoms with E-state index in [2.05, 4.69) is 11.4 Å². The highest BCUT2D eigenvalue weighted by Gasteiger charge is 2.13. The average molecular weight is 281 g/mol. The van der Waals surface area contributed by atoms with Crippen LogP contribution in [0.15, 0.2) is 23.1 Å². The Morgan fingerprint density at radius 1 is 1.37 bits per heavy atom. The van der Waals surface area contributed by atoms with Gasteiger partial charge in [-0.3, -0.25) is 9.59 Å². The zero-order chi connectivity index (χ0) is 14.4. The Hall–Kier alpha value is -1.49. The number of benzene rings is 1. The van der Waals surface area contributed by atoms with Gasteiger partial charge in [0.05, 0.1) is 0 Å². The van der Waals surface area contributed by atoms with Crippen molar-refractivity contribution in [1.82, 2.24) is 5.32 Å². The maximum atomic E-state index is 11.5. The van der Waals surface area contributed by atoms with Crippen molar-refractivity contribution < 1.29 is 14.7 Å². The number of carboxylic acids is 1. The number of thioether (sulfide) groups is 1. The summed E-state index contributed by atoms with van der Waals surface area (Å²) in [6.45, 7) is 5.54. The number of carboxylic acid groups (broad SMARTS) is 1. The summed E-state index contributed by atoms with van der Waals surface area (Å²) in [4.78, 5) is 23.2. The Bertz CT molecular complexity index is 474. The van der Waals surface area contributed by atoms with Crippen molar-refractivity contribution in [3.8, 4) is 0 Å². The summed E-state index contributed by atoms with van der Waals surface area (Å²) in [6, 6.07) is 5.36. The van der Waals surface area contributed by atoms with Crippen LogP contribution in [0.25, 0.3) is 0 Å². The lowest BCUT2D eigenvalue weighted by molar-refractivity contribution is -0.141. The number of aryl methyl sites for hydroxylation is 2. The van der Waals surface area contributed by atoms with E-state index < -0.39 is 12.0 Å². The van der Waals surface area contributed by atoms with Gasteiger partial charge in [0.25, 0.3) is 0 Å². The molecular weight excluding hydrogens is 262 g/mol. The van der Waals surface area contributed by atoms with Crippen LogP contribution in [0.5, 0.6) is 0 Å². The molecule has 0 aromatic heterocycles. The molecule has 1 rings (SSSR count). The Labute approximate surface area is 117 Å². The molecule has 0 aliphatic heterocycles. The third-order valence-corrected chi connectivity index (χ3v) is 3.84. The van der Waals surface area contributed by atoms with Gasteiger partial charge in [-0.25, -0.2) is 0 Å². The standard InChI is InChI=1S/C14H19NO3S/c1-9-4-5-12(10(2)8-9)19-7-6-13(16)15-11(3)14(17)18/h4-5,8,11H,6-7H2,1-3H3,(H,15,16)(H,17,18). The molecule has 0 aliphatic rings. The van der Waals surface area contributed by atoms with Gasteiger partial charge in [-0.2, -0.15) is 0 Å². The SMILES string of the molecule is Cc1ccc(SCCC(=O)NC(C)C(=O)O)c(C)c1. The third-order valence-electron chi connectivity index (χ3n) is 2.67. The number of amides is 1. The van der Waals surface area contributed by atoms with Crippen LogP contribution >= 0.6 is 11.8 Å². The fraction of sp³-hybridized carbons (Fsp3) is 0.429.